The quantitative estimate of drug-likeness (QED) is 0.460. The lowest BCUT2D eigenvalue weighted by Crippen LogP contribution is -2.47. The van der Waals surface area contributed by atoms with E-state index < -0.39 is 22.0 Å². The Balaban J connectivity index is 1.53. The molecule has 34 heavy (non-hydrogen) atoms. The molecule has 7 nitrogen and oxygen atoms in total. The third-order valence-corrected chi connectivity index (χ3v) is 7.03. The highest BCUT2D eigenvalue weighted by atomic mass is 32.2. The molecule has 1 heterocycles. The number of carbonyl (C=O) groups is 2. The van der Waals surface area contributed by atoms with Gasteiger partial charge >= 0.3 is 0 Å². The molecule has 1 atom stereocenters. The highest BCUT2D eigenvalue weighted by Gasteiger charge is 2.27. The number of halogens is 1. The molecule has 9 heteroatoms. The minimum Gasteiger partial charge on any atom is -0.351 e. The Kier molecular flexibility index (Phi) is 7.04. The largest absolute Gasteiger partial charge is 0.351 e. The maximum Gasteiger partial charge on any atom is 0.241 e. The molecule has 0 saturated heterocycles. The number of amides is 2. The molecule has 0 aromatic heterocycles. The van der Waals surface area contributed by atoms with Crippen LogP contribution in [0.2, 0.25) is 0 Å². The summed E-state index contributed by atoms with van der Waals surface area (Å²) in [4.78, 5) is 24.6. The van der Waals surface area contributed by atoms with E-state index in [1.165, 1.54) is 24.3 Å². The number of nitrogens with one attached hydrogen (secondary N) is 3. The number of anilines is 1. The second-order valence-corrected chi connectivity index (χ2v) is 9.79. The van der Waals surface area contributed by atoms with Gasteiger partial charge in [0, 0.05) is 18.7 Å². The van der Waals surface area contributed by atoms with Gasteiger partial charge in [-0.2, -0.15) is 4.72 Å². The summed E-state index contributed by atoms with van der Waals surface area (Å²) in [5, 5.41) is 5.46. The first-order chi connectivity index (χ1) is 16.3. The first-order valence-electron chi connectivity index (χ1n) is 10.8. The highest BCUT2D eigenvalue weighted by molar-refractivity contribution is 7.89. The van der Waals surface area contributed by atoms with Gasteiger partial charge in [-0.3, -0.25) is 9.59 Å². The number of fused-ring (bicyclic) bond motifs is 1. The molecular weight excluding hydrogens is 457 g/mol. The second-order valence-electron chi connectivity index (χ2n) is 8.07. The summed E-state index contributed by atoms with van der Waals surface area (Å²) in [6, 6.07) is 18.2. The molecule has 2 amide bonds. The molecule has 1 aliphatic rings. The summed E-state index contributed by atoms with van der Waals surface area (Å²) < 4.78 is 42.0. The van der Waals surface area contributed by atoms with E-state index in [1.54, 1.807) is 18.2 Å². The monoisotopic (exact) mass is 481 g/mol. The molecule has 0 bridgehead atoms. The number of benzene rings is 3. The average molecular weight is 482 g/mol. The van der Waals surface area contributed by atoms with Gasteiger partial charge in [-0.25, -0.2) is 12.8 Å². The lowest BCUT2D eigenvalue weighted by Gasteiger charge is -2.21. The van der Waals surface area contributed by atoms with Crippen molar-refractivity contribution < 1.29 is 22.4 Å². The normalized spacial score (nSPS) is 14.1. The Morgan fingerprint density at radius 3 is 2.44 bits per heavy atom. The van der Waals surface area contributed by atoms with E-state index >= 15 is 0 Å². The van der Waals surface area contributed by atoms with Crippen LogP contribution in [-0.4, -0.2) is 26.3 Å². The van der Waals surface area contributed by atoms with Crippen LogP contribution in [0.15, 0.2) is 77.7 Å². The van der Waals surface area contributed by atoms with Gasteiger partial charge in [0.15, 0.2) is 0 Å². The van der Waals surface area contributed by atoms with Crippen LogP contribution in [0.4, 0.5) is 10.1 Å². The van der Waals surface area contributed by atoms with Crippen LogP contribution in [0.1, 0.15) is 23.1 Å². The molecule has 3 N–H and O–H groups in total. The van der Waals surface area contributed by atoms with Gasteiger partial charge in [0.1, 0.15) is 11.9 Å². The highest BCUT2D eigenvalue weighted by Crippen LogP contribution is 2.25. The van der Waals surface area contributed by atoms with E-state index in [2.05, 4.69) is 15.4 Å². The predicted molar refractivity (Wildman–Crippen MR) is 126 cm³/mol. The van der Waals surface area contributed by atoms with Crippen molar-refractivity contribution in [3.05, 3.63) is 95.3 Å². The third kappa shape index (κ3) is 5.86. The summed E-state index contributed by atoms with van der Waals surface area (Å²) in [5.74, 6) is -0.988. The molecular formula is C25H24FN3O4S. The lowest BCUT2D eigenvalue weighted by molar-refractivity contribution is -0.123. The summed E-state index contributed by atoms with van der Waals surface area (Å²) in [5.41, 5.74) is 2.80. The SMILES string of the molecule is O=C1CCc2cc(S(=O)(=O)NC(Cc3ccccc3)C(=O)NCc3ccc(F)cc3)ccc2N1. The lowest BCUT2D eigenvalue weighted by atomic mass is 10.0. The maximum atomic E-state index is 13.2. The second kappa shape index (κ2) is 10.1. The van der Waals surface area contributed by atoms with Crippen LogP contribution in [-0.2, 0) is 39.0 Å². The van der Waals surface area contributed by atoms with Crippen LogP contribution in [0, 0.1) is 5.82 Å². The van der Waals surface area contributed by atoms with E-state index in [-0.39, 0.29) is 36.0 Å². The first kappa shape index (κ1) is 23.6. The van der Waals surface area contributed by atoms with Crippen molar-refractivity contribution in [3.8, 4) is 0 Å². The Bertz CT molecular complexity index is 1300. The molecule has 0 aliphatic carbocycles. The van der Waals surface area contributed by atoms with E-state index in [4.69, 9.17) is 0 Å². The number of sulfonamides is 1. The van der Waals surface area contributed by atoms with Gasteiger partial charge < -0.3 is 10.6 Å². The average Bonchev–Trinajstić information content (AvgIpc) is 2.83. The van der Waals surface area contributed by atoms with Crippen LogP contribution in [0.3, 0.4) is 0 Å². The number of hydrogen-bond donors (Lipinski definition) is 3. The number of hydrogen-bond acceptors (Lipinski definition) is 4. The zero-order chi connectivity index (χ0) is 24.1. The topological polar surface area (TPSA) is 104 Å². The molecule has 0 spiro atoms. The van der Waals surface area contributed by atoms with Crippen molar-refractivity contribution >= 4 is 27.5 Å². The number of aryl methyl sites for hydroxylation is 1. The fraction of sp³-hybridized carbons (Fsp3) is 0.200. The van der Waals surface area contributed by atoms with Crippen molar-refractivity contribution in [1.82, 2.24) is 10.0 Å². The maximum absolute atomic E-state index is 13.2. The first-order valence-corrected chi connectivity index (χ1v) is 12.3. The minimum atomic E-state index is -4.03. The Morgan fingerprint density at radius 1 is 0.971 bits per heavy atom. The van der Waals surface area contributed by atoms with Crippen molar-refractivity contribution in [1.29, 1.82) is 0 Å². The van der Waals surface area contributed by atoms with Crippen molar-refractivity contribution in [2.24, 2.45) is 0 Å². The van der Waals surface area contributed by atoms with E-state index in [9.17, 15) is 22.4 Å². The molecule has 1 unspecified atom stereocenters. The third-order valence-electron chi connectivity index (χ3n) is 5.56. The van der Waals surface area contributed by atoms with Crippen molar-refractivity contribution in [2.45, 2.75) is 36.7 Å². The molecule has 1 aliphatic heterocycles. The van der Waals surface area contributed by atoms with Crippen molar-refractivity contribution in [3.63, 3.8) is 0 Å². The summed E-state index contributed by atoms with van der Waals surface area (Å²) in [6.45, 7) is 0.130. The van der Waals surface area contributed by atoms with Gasteiger partial charge in [-0.15, -0.1) is 0 Å². The fourth-order valence-corrected chi connectivity index (χ4v) is 4.98. The molecule has 0 saturated carbocycles. The Morgan fingerprint density at radius 2 is 1.71 bits per heavy atom. The summed E-state index contributed by atoms with van der Waals surface area (Å²) in [6.07, 6.45) is 0.874. The number of carbonyl (C=O) groups excluding carboxylic acids is 2. The van der Waals surface area contributed by atoms with E-state index in [0.29, 0.717) is 17.7 Å². The summed E-state index contributed by atoms with van der Waals surface area (Å²) in [7, 11) is -4.03. The molecule has 0 fully saturated rings. The molecule has 176 valence electrons. The predicted octanol–water partition coefficient (Wildman–Crippen LogP) is 2.92. The standard InChI is InChI=1S/C25H24FN3O4S/c26-20-9-6-18(7-10-20)16-27-25(31)23(14-17-4-2-1-3-5-17)29-34(32,33)21-11-12-22-19(15-21)8-13-24(30)28-22/h1-7,9-12,15,23,29H,8,13-14,16H2,(H,27,31)(H,28,30). The Hall–Kier alpha value is -3.56. The summed E-state index contributed by atoms with van der Waals surface area (Å²) >= 11 is 0. The van der Waals surface area contributed by atoms with E-state index in [0.717, 1.165) is 11.1 Å². The van der Waals surface area contributed by atoms with Gasteiger partial charge in [0.2, 0.25) is 21.8 Å². The smallest absolute Gasteiger partial charge is 0.241 e. The fourth-order valence-electron chi connectivity index (χ4n) is 3.73. The molecule has 3 aromatic rings. The minimum absolute atomic E-state index is 0.0202. The van der Waals surface area contributed by atoms with Gasteiger partial charge in [-0.05, 0) is 59.9 Å². The molecule has 0 radical (unpaired) electrons. The van der Waals surface area contributed by atoms with Crippen LogP contribution in [0.5, 0.6) is 0 Å². The van der Waals surface area contributed by atoms with Gasteiger partial charge in [0.25, 0.3) is 0 Å². The van der Waals surface area contributed by atoms with Crippen molar-refractivity contribution in [2.75, 3.05) is 5.32 Å². The van der Waals surface area contributed by atoms with Gasteiger partial charge in [0.05, 0.1) is 4.90 Å². The zero-order valence-electron chi connectivity index (χ0n) is 18.3. The van der Waals surface area contributed by atoms with Crippen LogP contribution < -0.4 is 15.4 Å². The van der Waals surface area contributed by atoms with Crippen LogP contribution in [0.25, 0.3) is 0 Å². The van der Waals surface area contributed by atoms with Gasteiger partial charge in [-0.1, -0.05) is 42.5 Å². The molecule has 3 aromatic carbocycles. The van der Waals surface area contributed by atoms with E-state index in [1.807, 2.05) is 30.3 Å². The number of rotatable bonds is 8. The molecule has 4 rings (SSSR count). The Labute approximate surface area is 197 Å². The zero-order valence-corrected chi connectivity index (χ0v) is 19.1. The van der Waals surface area contributed by atoms with Crippen LogP contribution >= 0.6 is 0 Å².